The molecule has 0 heterocycles. The van der Waals surface area contributed by atoms with Gasteiger partial charge in [0.05, 0.1) is 5.25 Å². The smallest absolute Gasteiger partial charge is 0.294 e. The van der Waals surface area contributed by atoms with Crippen molar-refractivity contribution in [2.75, 3.05) is 13.2 Å². The quantitative estimate of drug-likeness (QED) is 0.388. The number of hydrogen-bond donors (Lipinski definition) is 0. The van der Waals surface area contributed by atoms with Crippen molar-refractivity contribution in [3.05, 3.63) is 50.6 Å². The Balaban J connectivity index is 2.43. The molecule has 0 amide bonds. The van der Waals surface area contributed by atoms with Crippen molar-refractivity contribution in [1.29, 1.82) is 0 Å². The lowest BCUT2D eigenvalue weighted by molar-refractivity contribution is -0.765. The van der Waals surface area contributed by atoms with Crippen LogP contribution < -0.4 is 0 Å². The first-order valence-corrected chi connectivity index (χ1v) is 7.22. The van der Waals surface area contributed by atoms with Crippen LogP contribution in [-0.2, 0) is 9.68 Å². The highest BCUT2D eigenvalue weighted by molar-refractivity contribution is 8.77. The van der Waals surface area contributed by atoms with Gasteiger partial charge in [0.1, 0.15) is 13.2 Å². The topological polar surface area (TPSA) is 105 Å². The van der Waals surface area contributed by atoms with E-state index in [1.165, 1.54) is 21.6 Å². The Morgan fingerprint density at radius 3 is 2.05 bits per heavy atom. The SMILES string of the molecule is O=[N+]([O-])OCC(CO[N+](=O)[O-])SSc1ccccc1. The zero-order valence-electron chi connectivity index (χ0n) is 9.54. The number of rotatable bonds is 9. The fourth-order valence-corrected chi connectivity index (χ4v) is 3.15. The molecule has 0 bridgehead atoms. The summed E-state index contributed by atoms with van der Waals surface area (Å²) in [5.74, 6) is 0. The molecule has 0 aromatic heterocycles. The third kappa shape index (κ3) is 7.36. The lowest BCUT2D eigenvalue weighted by atomic mass is 10.4. The van der Waals surface area contributed by atoms with E-state index < -0.39 is 15.4 Å². The van der Waals surface area contributed by atoms with Gasteiger partial charge in [0.2, 0.25) is 0 Å². The van der Waals surface area contributed by atoms with E-state index in [2.05, 4.69) is 9.68 Å². The molecule has 104 valence electrons. The molecule has 0 N–H and O–H groups in total. The van der Waals surface area contributed by atoms with Gasteiger partial charge in [0, 0.05) is 4.90 Å². The third-order valence-electron chi connectivity index (χ3n) is 1.76. The second kappa shape index (κ2) is 8.43. The van der Waals surface area contributed by atoms with Crippen molar-refractivity contribution < 1.29 is 19.8 Å². The molecule has 0 aliphatic carbocycles. The van der Waals surface area contributed by atoms with Gasteiger partial charge in [-0.25, -0.2) is 0 Å². The van der Waals surface area contributed by atoms with Crippen molar-refractivity contribution >= 4 is 21.6 Å². The van der Waals surface area contributed by atoms with Gasteiger partial charge in [0.25, 0.3) is 10.2 Å². The van der Waals surface area contributed by atoms with Crippen molar-refractivity contribution in [2.24, 2.45) is 0 Å². The van der Waals surface area contributed by atoms with Gasteiger partial charge in [0.15, 0.2) is 0 Å². The second-order valence-corrected chi connectivity index (χ2v) is 5.73. The van der Waals surface area contributed by atoms with Gasteiger partial charge in [-0.2, -0.15) is 0 Å². The van der Waals surface area contributed by atoms with Crippen LogP contribution >= 0.6 is 21.6 Å². The highest BCUT2D eigenvalue weighted by atomic mass is 33.1. The number of hydrogen-bond acceptors (Lipinski definition) is 8. The van der Waals surface area contributed by atoms with Crippen LogP contribution in [0.2, 0.25) is 0 Å². The maximum absolute atomic E-state index is 10.1. The molecule has 0 atom stereocenters. The fraction of sp³-hybridized carbons (Fsp3) is 0.333. The van der Waals surface area contributed by atoms with Crippen LogP contribution in [0.15, 0.2) is 35.2 Å². The average Bonchev–Trinajstić information content (AvgIpc) is 2.38. The Labute approximate surface area is 116 Å². The molecule has 10 heteroatoms. The largest absolute Gasteiger partial charge is 0.313 e. The van der Waals surface area contributed by atoms with Crippen molar-refractivity contribution in [2.45, 2.75) is 10.1 Å². The van der Waals surface area contributed by atoms with E-state index in [1.807, 2.05) is 30.3 Å². The van der Waals surface area contributed by atoms with Gasteiger partial charge in [-0.3, -0.25) is 0 Å². The summed E-state index contributed by atoms with van der Waals surface area (Å²) in [6, 6.07) is 9.27. The van der Waals surface area contributed by atoms with E-state index in [-0.39, 0.29) is 13.2 Å². The van der Waals surface area contributed by atoms with E-state index in [1.54, 1.807) is 0 Å². The fourth-order valence-electron chi connectivity index (χ4n) is 0.991. The number of nitrogens with zero attached hydrogens (tertiary/aromatic N) is 2. The number of benzene rings is 1. The maximum atomic E-state index is 10.1. The molecule has 0 spiro atoms. The predicted molar refractivity (Wildman–Crippen MR) is 69.6 cm³/mol. The first-order valence-electron chi connectivity index (χ1n) is 5.01. The summed E-state index contributed by atoms with van der Waals surface area (Å²) in [7, 11) is 2.56. The summed E-state index contributed by atoms with van der Waals surface area (Å²) in [6.07, 6.45) is 0. The molecular weight excluding hydrogens is 296 g/mol. The summed E-state index contributed by atoms with van der Waals surface area (Å²) >= 11 is 0. The van der Waals surface area contributed by atoms with Crippen LogP contribution in [0, 0.1) is 20.2 Å². The minimum atomic E-state index is -0.938. The van der Waals surface area contributed by atoms with E-state index in [9.17, 15) is 20.2 Å². The second-order valence-electron chi connectivity index (χ2n) is 3.15. The van der Waals surface area contributed by atoms with Gasteiger partial charge in [-0.05, 0) is 12.1 Å². The summed E-state index contributed by atoms with van der Waals surface area (Å²) < 4.78 is 0. The predicted octanol–water partition coefficient (Wildman–Crippen LogP) is 2.21. The molecule has 1 aromatic carbocycles. The van der Waals surface area contributed by atoms with Crippen LogP contribution in [0.4, 0.5) is 0 Å². The Morgan fingerprint density at radius 1 is 1.05 bits per heavy atom. The first kappa shape index (κ1) is 15.4. The van der Waals surface area contributed by atoms with E-state index in [0.29, 0.717) is 0 Å². The highest BCUT2D eigenvalue weighted by Gasteiger charge is 2.15. The van der Waals surface area contributed by atoms with Crippen molar-refractivity contribution in [3.8, 4) is 0 Å². The van der Waals surface area contributed by atoms with Gasteiger partial charge in [-0.1, -0.05) is 39.8 Å². The van der Waals surface area contributed by atoms with Crippen molar-refractivity contribution in [1.82, 2.24) is 0 Å². The van der Waals surface area contributed by atoms with E-state index >= 15 is 0 Å². The minimum absolute atomic E-state index is 0.272. The van der Waals surface area contributed by atoms with Crippen molar-refractivity contribution in [3.63, 3.8) is 0 Å². The molecule has 1 aromatic rings. The molecular formula is C9H10N2O6S2. The zero-order valence-corrected chi connectivity index (χ0v) is 11.2. The molecule has 0 fully saturated rings. The highest BCUT2D eigenvalue weighted by Crippen LogP contribution is 2.34. The minimum Gasteiger partial charge on any atom is -0.313 e. The molecule has 0 aliphatic rings. The van der Waals surface area contributed by atoms with Gasteiger partial charge >= 0.3 is 0 Å². The summed E-state index contributed by atoms with van der Waals surface area (Å²) in [4.78, 5) is 29.6. The van der Waals surface area contributed by atoms with Crippen LogP contribution in [0.25, 0.3) is 0 Å². The standard InChI is InChI=1S/C9H10N2O6S2/c12-10(13)16-6-9(7-17-11(14)15)19-18-8-4-2-1-3-5-8/h1-5,9H,6-7H2. The average molecular weight is 306 g/mol. The third-order valence-corrected chi connectivity index (χ3v) is 4.54. The van der Waals surface area contributed by atoms with Crippen LogP contribution in [0.5, 0.6) is 0 Å². The first-order chi connectivity index (χ1) is 9.08. The van der Waals surface area contributed by atoms with Gasteiger partial charge in [-0.15, -0.1) is 20.2 Å². The molecule has 0 unspecified atom stereocenters. The van der Waals surface area contributed by atoms with E-state index in [0.717, 1.165) is 4.90 Å². The molecule has 0 saturated heterocycles. The normalized spacial score (nSPS) is 10.2. The summed E-state index contributed by atoms with van der Waals surface area (Å²) in [5.41, 5.74) is 0. The van der Waals surface area contributed by atoms with Gasteiger partial charge < -0.3 is 9.68 Å². The Morgan fingerprint density at radius 2 is 1.58 bits per heavy atom. The molecule has 19 heavy (non-hydrogen) atoms. The van der Waals surface area contributed by atoms with Crippen LogP contribution in [0.3, 0.4) is 0 Å². The Hall–Kier alpha value is -1.68. The maximum Gasteiger partial charge on any atom is 0.294 e. The molecule has 0 saturated carbocycles. The lowest BCUT2D eigenvalue weighted by Crippen LogP contribution is -2.21. The molecule has 0 radical (unpaired) electrons. The monoisotopic (exact) mass is 306 g/mol. The van der Waals surface area contributed by atoms with Crippen LogP contribution in [-0.4, -0.2) is 28.6 Å². The zero-order chi connectivity index (χ0) is 14.1. The van der Waals surface area contributed by atoms with E-state index in [4.69, 9.17) is 0 Å². The summed E-state index contributed by atoms with van der Waals surface area (Å²) in [5, 5.41) is 17.8. The Kier molecular flexibility index (Phi) is 6.82. The summed E-state index contributed by atoms with van der Waals surface area (Å²) in [6.45, 7) is -0.545. The lowest BCUT2D eigenvalue weighted by Gasteiger charge is -2.13. The Bertz CT molecular complexity index is 400. The molecule has 1 rings (SSSR count). The van der Waals surface area contributed by atoms with Crippen LogP contribution in [0.1, 0.15) is 0 Å². The molecule has 8 nitrogen and oxygen atoms in total. The molecule has 0 aliphatic heterocycles.